The number of rotatable bonds is 6. The van der Waals surface area contributed by atoms with Gasteiger partial charge in [-0.25, -0.2) is 18.7 Å². The Kier molecular flexibility index (Phi) is 7.21. The first-order chi connectivity index (χ1) is 25.7. The lowest BCUT2D eigenvalue weighted by molar-refractivity contribution is -0.116. The monoisotopic (exact) mass is 724 g/mol. The molecule has 4 fully saturated rings. The number of aryl methyl sites for hydroxylation is 1. The Bertz CT molecular complexity index is 2330. The van der Waals surface area contributed by atoms with E-state index in [0.717, 1.165) is 49.8 Å². The normalized spacial score (nSPS) is 27.1. The molecular formula is C38H38F2N8O5. The van der Waals surface area contributed by atoms with E-state index in [1.807, 2.05) is 6.08 Å². The van der Waals surface area contributed by atoms with Crippen LogP contribution in [-0.2, 0) is 21.5 Å². The third-order valence-corrected chi connectivity index (χ3v) is 13.0. The maximum absolute atomic E-state index is 15.2. The van der Waals surface area contributed by atoms with Crippen LogP contribution in [0.4, 0.5) is 14.5 Å². The highest BCUT2D eigenvalue weighted by Crippen LogP contribution is 2.68. The van der Waals surface area contributed by atoms with Gasteiger partial charge in [-0.05, 0) is 99.3 Å². The smallest absolute Gasteiger partial charge is 0.279 e. The zero-order chi connectivity index (χ0) is 36.3. The molecule has 0 unspecified atom stereocenters. The van der Waals surface area contributed by atoms with Crippen molar-refractivity contribution in [1.29, 1.82) is 0 Å². The topological polar surface area (TPSA) is 157 Å². The lowest BCUT2D eigenvalue weighted by Gasteiger charge is -2.60. The zero-order valence-electron chi connectivity index (χ0n) is 29.1. The van der Waals surface area contributed by atoms with Gasteiger partial charge in [-0.1, -0.05) is 6.08 Å². The molecule has 10 rings (SSSR count). The lowest BCUT2D eigenvalue weighted by atomic mass is 9.49. The van der Waals surface area contributed by atoms with E-state index >= 15 is 8.78 Å². The minimum absolute atomic E-state index is 0.0323. The summed E-state index contributed by atoms with van der Waals surface area (Å²) in [4.78, 5) is 57.4. The van der Waals surface area contributed by atoms with Crippen molar-refractivity contribution >= 4 is 28.9 Å². The molecule has 4 aromatic rings. The zero-order valence-corrected chi connectivity index (χ0v) is 29.1. The number of fused-ring (bicyclic) bond motifs is 8. The molecule has 15 heteroatoms. The van der Waals surface area contributed by atoms with Crippen LogP contribution in [-0.4, -0.2) is 76.8 Å². The second-order valence-corrected chi connectivity index (χ2v) is 15.5. The number of carbonyl (C=O) groups is 2. The highest BCUT2D eigenvalue weighted by molar-refractivity contribution is 5.95. The SMILES string of the molecule is Cc1ncnc(C(=O)N2CC[C@]3(c4c(n(CC(=O)Nc5c(F)cc(C6CC6)cc5F)c5nc(C6=CCOCC6)nn5c4=O)[C@H]4CC[C@H]43)[C@@H]3CC[C@@H]32)c1O. The van der Waals surface area contributed by atoms with Crippen LogP contribution in [0.5, 0.6) is 5.75 Å². The van der Waals surface area contributed by atoms with Gasteiger partial charge in [0.1, 0.15) is 30.2 Å². The second kappa shape index (κ2) is 11.7. The number of aromatic nitrogens is 6. The first kappa shape index (κ1) is 32.6. The van der Waals surface area contributed by atoms with Gasteiger partial charge in [-0.3, -0.25) is 14.4 Å². The lowest BCUT2D eigenvalue weighted by Crippen LogP contribution is -2.65. The van der Waals surface area contributed by atoms with Crippen molar-refractivity contribution in [2.45, 2.75) is 88.1 Å². The molecule has 0 radical (unpaired) electrons. The number of carbonyl (C=O) groups excluding carboxylic acids is 2. The highest BCUT2D eigenvalue weighted by Gasteiger charge is 2.67. The van der Waals surface area contributed by atoms with Crippen molar-refractivity contribution in [3.63, 3.8) is 0 Å². The summed E-state index contributed by atoms with van der Waals surface area (Å²) in [5.74, 6) is -2.16. The number of ether oxygens (including phenoxy) is 1. The summed E-state index contributed by atoms with van der Waals surface area (Å²) in [5, 5.41) is 17.9. The van der Waals surface area contributed by atoms with E-state index < -0.39 is 28.6 Å². The Morgan fingerprint density at radius 3 is 2.55 bits per heavy atom. The van der Waals surface area contributed by atoms with Crippen molar-refractivity contribution in [3.8, 4) is 5.75 Å². The molecule has 274 valence electrons. The number of nitrogens with one attached hydrogen (secondary N) is 1. The molecule has 1 aromatic carbocycles. The minimum Gasteiger partial charge on any atom is -0.504 e. The number of anilines is 1. The van der Waals surface area contributed by atoms with Crippen LogP contribution in [0.3, 0.4) is 0 Å². The van der Waals surface area contributed by atoms with Crippen LogP contribution in [0.15, 0.2) is 29.3 Å². The molecule has 53 heavy (non-hydrogen) atoms. The standard InChI is InChI=1S/C38H38F2N8O5/c1-18-33(50)31(42-17-41-18)36(52)46-11-10-38(24-6-7-27(24)46)23-5-4-22(23)32-29(38)35(51)48-37(44-34(45-48)20-8-12-53-13-9-20)47(32)16-28(49)43-30-25(39)14-21(15-26(30)40)19-2-3-19/h8,14-15,17,19,22-24,27,50H,2-7,9-13,16H2,1H3,(H,43,49)/t22-,23+,24+,27-,38+/m0/s1. The number of piperidine rings is 1. The molecule has 1 saturated heterocycles. The molecule has 0 bridgehead atoms. The number of halogens is 2. The van der Waals surface area contributed by atoms with Crippen LogP contribution in [0, 0.1) is 30.4 Å². The van der Waals surface area contributed by atoms with Crippen molar-refractivity contribution in [1.82, 2.24) is 34.0 Å². The van der Waals surface area contributed by atoms with Gasteiger partial charge < -0.3 is 24.6 Å². The van der Waals surface area contributed by atoms with Crippen LogP contribution in [0.25, 0.3) is 11.4 Å². The van der Waals surface area contributed by atoms with Crippen molar-refractivity contribution in [3.05, 3.63) is 80.6 Å². The van der Waals surface area contributed by atoms with Gasteiger partial charge in [0.05, 0.1) is 18.9 Å². The van der Waals surface area contributed by atoms with Gasteiger partial charge >= 0.3 is 0 Å². The average molecular weight is 725 g/mol. The van der Waals surface area contributed by atoms with Gasteiger partial charge in [0, 0.05) is 35.2 Å². The van der Waals surface area contributed by atoms with Gasteiger partial charge in [0.2, 0.25) is 11.7 Å². The Morgan fingerprint density at radius 2 is 1.87 bits per heavy atom. The summed E-state index contributed by atoms with van der Waals surface area (Å²) < 4.78 is 39.0. The summed E-state index contributed by atoms with van der Waals surface area (Å²) in [6.07, 6.45) is 9.23. The molecule has 1 spiro atoms. The van der Waals surface area contributed by atoms with Gasteiger partial charge in [-0.2, -0.15) is 9.50 Å². The Labute approximate surface area is 302 Å². The van der Waals surface area contributed by atoms with Crippen LogP contribution in [0.1, 0.15) is 102 Å². The molecule has 3 saturated carbocycles. The summed E-state index contributed by atoms with van der Waals surface area (Å²) in [6.45, 7) is 2.52. The van der Waals surface area contributed by atoms with Crippen molar-refractivity contribution < 1.29 is 28.2 Å². The number of amides is 2. The molecular weight excluding hydrogens is 686 g/mol. The quantitative estimate of drug-likeness (QED) is 0.295. The predicted octanol–water partition coefficient (Wildman–Crippen LogP) is 4.36. The third kappa shape index (κ3) is 4.71. The summed E-state index contributed by atoms with van der Waals surface area (Å²) >= 11 is 0. The summed E-state index contributed by atoms with van der Waals surface area (Å²) in [7, 11) is 0. The summed E-state index contributed by atoms with van der Waals surface area (Å²) in [6, 6.07) is 2.41. The average Bonchev–Trinajstić information content (AvgIpc) is 3.83. The summed E-state index contributed by atoms with van der Waals surface area (Å²) in [5.41, 5.74) is 1.69. The number of likely N-dealkylation sites (tertiary alicyclic amines) is 1. The number of hydrogen-bond donors (Lipinski definition) is 2. The minimum atomic E-state index is -0.826. The number of hydrogen-bond acceptors (Lipinski definition) is 9. The Hall–Kier alpha value is -5.05. The molecule has 5 heterocycles. The van der Waals surface area contributed by atoms with Crippen molar-refractivity contribution in [2.75, 3.05) is 25.1 Å². The highest BCUT2D eigenvalue weighted by atomic mass is 19.1. The molecule has 2 aliphatic heterocycles. The fourth-order valence-electron chi connectivity index (χ4n) is 10.1. The largest absolute Gasteiger partial charge is 0.504 e. The van der Waals surface area contributed by atoms with Gasteiger partial charge in [0.15, 0.2) is 17.3 Å². The fourth-order valence-corrected chi connectivity index (χ4v) is 10.1. The molecule has 13 nitrogen and oxygen atoms in total. The van der Waals surface area contributed by atoms with Gasteiger partial charge in [0.25, 0.3) is 11.5 Å². The molecule has 6 aliphatic rings. The van der Waals surface area contributed by atoms with Gasteiger partial charge in [-0.15, -0.1) is 5.10 Å². The van der Waals surface area contributed by atoms with E-state index in [1.165, 1.54) is 23.0 Å². The molecule has 5 atom stereocenters. The van der Waals surface area contributed by atoms with Crippen molar-refractivity contribution in [2.24, 2.45) is 11.8 Å². The van der Waals surface area contributed by atoms with E-state index in [1.54, 1.807) is 16.4 Å². The first-order valence-electron chi connectivity index (χ1n) is 18.6. The van der Waals surface area contributed by atoms with E-state index in [9.17, 15) is 19.5 Å². The molecule has 4 aliphatic carbocycles. The third-order valence-electron chi connectivity index (χ3n) is 13.0. The molecule has 2 amide bonds. The second-order valence-electron chi connectivity index (χ2n) is 15.5. The maximum atomic E-state index is 15.2. The number of benzene rings is 1. The number of aromatic hydroxyl groups is 1. The molecule has 2 N–H and O–H groups in total. The Balaban J connectivity index is 1.07. The van der Waals surface area contributed by atoms with Crippen LogP contribution < -0.4 is 10.9 Å². The van der Waals surface area contributed by atoms with E-state index in [0.29, 0.717) is 55.2 Å². The number of nitrogens with zero attached hydrogens (tertiary/aromatic N) is 7. The van der Waals surface area contributed by atoms with Crippen LogP contribution in [0.2, 0.25) is 0 Å². The van der Waals surface area contributed by atoms with E-state index in [2.05, 4.69) is 15.3 Å². The molecule has 3 aromatic heterocycles. The van der Waals surface area contributed by atoms with E-state index in [4.69, 9.17) is 14.8 Å². The van der Waals surface area contributed by atoms with Crippen LogP contribution >= 0.6 is 0 Å². The Morgan fingerprint density at radius 1 is 1.08 bits per heavy atom. The predicted molar refractivity (Wildman–Crippen MR) is 185 cm³/mol. The first-order valence-corrected chi connectivity index (χ1v) is 18.6. The fraction of sp³-hybridized carbons (Fsp3) is 0.500. The van der Waals surface area contributed by atoms with E-state index in [-0.39, 0.29) is 64.9 Å². The maximum Gasteiger partial charge on any atom is 0.279 e.